The molecule has 3 nitrogen and oxygen atoms in total. The van der Waals surface area contributed by atoms with Crippen LogP contribution >= 0.6 is 23.8 Å². The summed E-state index contributed by atoms with van der Waals surface area (Å²) < 4.78 is 0. The first-order chi connectivity index (χ1) is 8.06. The van der Waals surface area contributed by atoms with E-state index in [4.69, 9.17) is 29.6 Å². The standard InChI is InChI=1S/C12H13ClN2OS/c13-9-6-8(12(14)17)3-4-10(9)15-11(16)5-7-1-2-7/h3-4,6-7H,1-2,5H2,(H2,14,17)(H,15,16). The number of nitrogens with one attached hydrogen (secondary N) is 1. The van der Waals surface area contributed by atoms with E-state index in [9.17, 15) is 4.79 Å². The van der Waals surface area contributed by atoms with Crippen molar-refractivity contribution in [1.29, 1.82) is 0 Å². The lowest BCUT2D eigenvalue weighted by atomic mass is 10.2. The van der Waals surface area contributed by atoms with Crippen LogP contribution in [0.1, 0.15) is 24.8 Å². The van der Waals surface area contributed by atoms with Crippen LogP contribution in [0.3, 0.4) is 0 Å². The van der Waals surface area contributed by atoms with Gasteiger partial charge in [-0.05, 0) is 37.0 Å². The van der Waals surface area contributed by atoms with Crippen LogP contribution in [0, 0.1) is 5.92 Å². The minimum absolute atomic E-state index is 0.0116. The van der Waals surface area contributed by atoms with Gasteiger partial charge in [-0.25, -0.2) is 0 Å². The Labute approximate surface area is 110 Å². The number of carbonyl (C=O) groups is 1. The van der Waals surface area contributed by atoms with Gasteiger partial charge in [-0.3, -0.25) is 4.79 Å². The second-order valence-electron chi connectivity index (χ2n) is 4.25. The molecule has 5 heteroatoms. The van der Waals surface area contributed by atoms with Gasteiger partial charge < -0.3 is 11.1 Å². The van der Waals surface area contributed by atoms with Gasteiger partial charge in [-0.1, -0.05) is 23.8 Å². The van der Waals surface area contributed by atoms with Gasteiger partial charge in [0.2, 0.25) is 5.91 Å². The molecule has 0 bridgehead atoms. The van der Waals surface area contributed by atoms with E-state index in [0.717, 1.165) is 12.8 Å². The summed E-state index contributed by atoms with van der Waals surface area (Å²) in [7, 11) is 0. The van der Waals surface area contributed by atoms with Gasteiger partial charge in [0.15, 0.2) is 0 Å². The van der Waals surface area contributed by atoms with Crippen LogP contribution in [0.4, 0.5) is 5.69 Å². The lowest BCUT2D eigenvalue weighted by Gasteiger charge is -2.08. The molecule has 0 unspecified atom stereocenters. The van der Waals surface area contributed by atoms with E-state index in [1.165, 1.54) is 0 Å². The first kappa shape index (κ1) is 12.3. The van der Waals surface area contributed by atoms with Crippen LogP contribution in [0.25, 0.3) is 0 Å². The molecular weight excluding hydrogens is 256 g/mol. The fourth-order valence-corrected chi connectivity index (χ4v) is 1.91. The number of nitrogens with two attached hydrogens (primary N) is 1. The number of rotatable bonds is 4. The topological polar surface area (TPSA) is 55.1 Å². The van der Waals surface area contributed by atoms with E-state index in [0.29, 0.717) is 33.6 Å². The molecule has 90 valence electrons. The summed E-state index contributed by atoms with van der Waals surface area (Å²) in [6, 6.07) is 5.14. The highest BCUT2D eigenvalue weighted by molar-refractivity contribution is 7.80. The Balaban J connectivity index is 2.04. The normalized spacial score (nSPS) is 14.4. The second-order valence-corrected chi connectivity index (χ2v) is 5.10. The molecule has 0 heterocycles. The summed E-state index contributed by atoms with van der Waals surface area (Å²) in [6.45, 7) is 0. The Kier molecular flexibility index (Phi) is 3.64. The minimum Gasteiger partial charge on any atom is -0.389 e. The molecule has 1 aromatic rings. The monoisotopic (exact) mass is 268 g/mol. The summed E-state index contributed by atoms with van der Waals surface area (Å²) in [5, 5.41) is 3.25. The van der Waals surface area contributed by atoms with E-state index < -0.39 is 0 Å². The Hall–Kier alpha value is -1.13. The van der Waals surface area contributed by atoms with Crippen LogP contribution in [-0.2, 0) is 4.79 Å². The Morgan fingerprint density at radius 3 is 2.76 bits per heavy atom. The van der Waals surface area contributed by atoms with E-state index in [2.05, 4.69) is 5.32 Å². The molecule has 1 aliphatic rings. The number of amides is 1. The van der Waals surface area contributed by atoms with Crippen molar-refractivity contribution in [3.8, 4) is 0 Å². The summed E-state index contributed by atoms with van der Waals surface area (Å²) in [5.41, 5.74) is 6.80. The molecular formula is C12H13ClN2OS. The van der Waals surface area contributed by atoms with E-state index >= 15 is 0 Å². The van der Waals surface area contributed by atoms with Crippen molar-refractivity contribution in [1.82, 2.24) is 0 Å². The third-order valence-corrected chi connectivity index (χ3v) is 3.25. The van der Waals surface area contributed by atoms with Gasteiger partial charge in [-0.2, -0.15) is 0 Å². The molecule has 1 aromatic carbocycles. The van der Waals surface area contributed by atoms with Crippen LogP contribution in [0.5, 0.6) is 0 Å². The highest BCUT2D eigenvalue weighted by atomic mass is 35.5. The zero-order valence-corrected chi connectivity index (χ0v) is 10.8. The second kappa shape index (κ2) is 5.02. The molecule has 0 radical (unpaired) electrons. The predicted octanol–water partition coefficient (Wildman–Crippen LogP) is 2.71. The fourth-order valence-electron chi connectivity index (χ4n) is 1.56. The van der Waals surface area contributed by atoms with E-state index in [1.807, 2.05) is 0 Å². The molecule has 0 spiro atoms. The number of carbonyl (C=O) groups excluding carboxylic acids is 1. The third-order valence-electron chi connectivity index (χ3n) is 2.70. The maximum absolute atomic E-state index is 11.6. The van der Waals surface area contributed by atoms with Crippen LogP contribution in [-0.4, -0.2) is 10.9 Å². The zero-order chi connectivity index (χ0) is 12.4. The minimum atomic E-state index is 0.0116. The molecule has 1 amide bonds. The lowest BCUT2D eigenvalue weighted by Crippen LogP contribution is -2.13. The molecule has 1 fully saturated rings. The number of hydrogen-bond donors (Lipinski definition) is 2. The Bertz CT molecular complexity index is 472. The van der Waals surface area contributed by atoms with Crippen molar-refractivity contribution in [3.63, 3.8) is 0 Å². The highest BCUT2D eigenvalue weighted by Gasteiger charge is 2.24. The van der Waals surface area contributed by atoms with Crippen LogP contribution in [0.2, 0.25) is 5.02 Å². The van der Waals surface area contributed by atoms with Gasteiger partial charge in [-0.15, -0.1) is 0 Å². The maximum Gasteiger partial charge on any atom is 0.224 e. The number of thiocarbonyl (C=S) groups is 1. The largest absolute Gasteiger partial charge is 0.389 e. The summed E-state index contributed by atoms with van der Waals surface area (Å²) in [4.78, 5) is 11.9. The maximum atomic E-state index is 11.6. The summed E-state index contributed by atoms with van der Waals surface area (Å²) >= 11 is 10.9. The summed E-state index contributed by atoms with van der Waals surface area (Å²) in [5.74, 6) is 0.571. The number of benzene rings is 1. The molecule has 17 heavy (non-hydrogen) atoms. The van der Waals surface area contributed by atoms with Gasteiger partial charge in [0.1, 0.15) is 4.99 Å². The van der Waals surface area contributed by atoms with Crippen molar-refractivity contribution in [3.05, 3.63) is 28.8 Å². The first-order valence-corrected chi connectivity index (χ1v) is 6.24. The molecule has 1 aliphatic carbocycles. The SMILES string of the molecule is NC(=S)c1ccc(NC(=O)CC2CC2)c(Cl)c1. The van der Waals surface area contributed by atoms with Crippen molar-refractivity contribution >= 4 is 40.4 Å². The van der Waals surface area contributed by atoms with Crippen molar-refractivity contribution < 1.29 is 4.79 Å². The lowest BCUT2D eigenvalue weighted by molar-refractivity contribution is -0.116. The van der Waals surface area contributed by atoms with Crippen molar-refractivity contribution in [2.24, 2.45) is 11.7 Å². The van der Waals surface area contributed by atoms with E-state index in [1.54, 1.807) is 18.2 Å². The van der Waals surface area contributed by atoms with Gasteiger partial charge in [0.05, 0.1) is 10.7 Å². The van der Waals surface area contributed by atoms with Crippen molar-refractivity contribution in [2.45, 2.75) is 19.3 Å². The third kappa shape index (κ3) is 3.41. The first-order valence-electron chi connectivity index (χ1n) is 5.45. The van der Waals surface area contributed by atoms with Gasteiger partial charge >= 0.3 is 0 Å². The van der Waals surface area contributed by atoms with Gasteiger partial charge in [0.25, 0.3) is 0 Å². The van der Waals surface area contributed by atoms with Gasteiger partial charge in [0, 0.05) is 12.0 Å². The Morgan fingerprint density at radius 2 is 2.24 bits per heavy atom. The van der Waals surface area contributed by atoms with Crippen molar-refractivity contribution in [2.75, 3.05) is 5.32 Å². The molecule has 0 aliphatic heterocycles. The number of hydrogen-bond acceptors (Lipinski definition) is 2. The molecule has 1 saturated carbocycles. The number of anilines is 1. The summed E-state index contributed by atoms with van der Waals surface area (Å²) in [6.07, 6.45) is 2.89. The molecule has 2 rings (SSSR count). The molecule has 0 atom stereocenters. The average molecular weight is 269 g/mol. The quantitative estimate of drug-likeness (QED) is 0.826. The van der Waals surface area contributed by atoms with E-state index in [-0.39, 0.29) is 5.91 Å². The smallest absolute Gasteiger partial charge is 0.224 e. The highest BCUT2D eigenvalue weighted by Crippen LogP contribution is 2.33. The van der Waals surface area contributed by atoms with Crippen LogP contribution in [0.15, 0.2) is 18.2 Å². The predicted molar refractivity (Wildman–Crippen MR) is 73.3 cm³/mol. The number of halogens is 1. The molecule has 3 N–H and O–H groups in total. The van der Waals surface area contributed by atoms with Crippen LogP contribution < -0.4 is 11.1 Å². The molecule has 0 aromatic heterocycles. The Morgan fingerprint density at radius 1 is 1.53 bits per heavy atom. The zero-order valence-electron chi connectivity index (χ0n) is 9.20. The average Bonchev–Trinajstić information content (AvgIpc) is 3.04. The fraction of sp³-hybridized carbons (Fsp3) is 0.333. The molecule has 0 saturated heterocycles.